The Kier molecular flexibility index (Phi) is 3.51. The first-order valence-electron chi connectivity index (χ1n) is 6.05. The molecule has 0 saturated carbocycles. The van der Waals surface area contributed by atoms with E-state index in [4.69, 9.17) is 4.74 Å². The maximum atomic E-state index is 11.0. The van der Waals surface area contributed by atoms with E-state index >= 15 is 0 Å². The van der Waals surface area contributed by atoms with Gasteiger partial charge in [0.2, 0.25) is 5.82 Å². The summed E-state index contributed by atoms with van der Waals surface area (Å²) in [6.07, 6.45) is 1.89. The zero-order chi connectivity index (χ0) is 13.3. The minimum Gasteiger partial charge on any atom is -0.378 e. The number of aromatic nitrogens is 2. The van der Waals surface area contributed by atoms with E-state index in [1.54, 1.807) is 14.0 Å². The number of nitrogens with one attached hydrogen (secondary N) is 1. The quantitative estimate of drug-likeness (QED) is 0.654. The molecule has 2 heterocycles. The van der Waals surface area contributed by atoms with Crippen LogP contribution in [0, 0.1) is 17.0 Å². The summed E-state index contributed by atoms with van der Waals surface area (Å²) in [6, 6.07) is 0.197. The Morgan fingerprint density at radius 2 is 2.33 bits per heavy atom. The Labute approximate surface area is 105 Å². The average Bonchev–Trinajstić information content (AvgIpc) is 2.53. The van der Waals surface area contributed by atoms with Gasteiger partial charge in [0.1, 0.15) is 5.69 Å². The number of aryl methyl sites for hydroxylation is 2. The highest BCUT2D eigenvalue weighted by Gasteiger charge is 2.27. The van der Waals surface area contributed by atoms with E-state index in [1.807, 2.05) is 6.92 Å². The fourth-order valence-corrected chi connectivity index (χ4v) is 2.35. The van der Waals surface area contributed by atoms with E-state index in [-0.39, 0.29) is 22.8 Å². The third-order valence-electron chi connectivity index (χ3n) is 3.20. The number of hydrogen-bond donors (Lipinski definition) is 1. The summed E-state index contributed by atoms with van der Waals surface area (Å²) in [4.78, 5) is 10.7. The van der Waals surface area contributed by atoms with Crippen LogP contribution in [0.4, 0.5) is 11.5 Å². The van der Waals surface area contributed by atoms with E-state index in [9.17, 15) is 10.1 Å². The van der Waals surface area contributed by atoms with Crippen LogP contribution in [0.5, 0.6) is 0 Å². The van der Waals surface area contributed by atoms with Crippen molar-refractivity contribution < 1.29 is 9.66 Å². The molecular formula is C11H18N4O3. The van der Waals surface area contributed by atoms with Crippen molar-refractivity contribution in [3.63, 3.8) is 0 Å². The molecule has 7 nitrogen and oxygen atoms in total. The third-order valence-corrected chi connectivity index (χ3v) is 3.20. The summed E-state index contributed by atoms with van der Waals surface area (Å²) in [5.74, 6) is 0.483. The molecule has 1 aromatic heterocycles. The molecule has 0 spiro atoms. The molecule has 2 rings (SSSR count). The summed E-state index contributed by atoms with van der Waals surface area (Å²) in [6.45, 7) is 4.34. The van der Waals surface area contributed by atoms with Crippen molar-refractivity contribution in [1.29, 1.82) is 0 Å². The monoisotopic (exact) mass is 254 g/mol. The van der Waals surface area contributed by atoms with Gasteiger partial charge in [0.15, 0.2) is 0 Å². The van der Waals surface area contributed by atoms with Crippen molar-refractivity contribution >= 4 is 11.5 Å². The predicted molar refractivity (Wildman–Crippen MR) is 66.7 cm³/mol. The molecule has 1 fully saturated rings. The van der Waals surface area contributed by atoms with E-state index < -0.39 is 0 Å². The Bertz CT molecular complexity index is 457. The number of hydrogen-bond acceptors (Lipinski definition) is 5. The van der Waals surface area contributed by atoms with Gasteiger partial charge in [0.05, 0.1) is 11.0 Å². The summed E-state index contributed by atoms with van der Waals surface area (Å²) in [5.41, 5.74) is 0.502. The standard InChI is InChI=1S/C11H18N4O3/c1-7-6-9(4-5-18-7)12-11-10(15(16)17)8(2)13-14(11)3/h7,9,12H,4-6H2,1-3H3. The van der Waals surface area contributed by atoms with Crippen LogP contribution in [-0.2, 0) is 11.8 Å². The van der Waals surface area contributed by atoms with Crippen molar-refractivity contribution in [3.8, 4) is 0 Å². The molecule has 2 unspecified atom stereocenters. The Balaban J connectivity index is 2.20. The maximum absolute atomic E-state index is 11.0. The van der Waals surface area contributed by atoms with Crippen molar-refractivity contribution in [2.75, 3.05) is 11.9 Å². The van der Waals surface area contributed by atoms with Crippen molar-refractivity contribution in [2.45, 2.75) is 38.8 Å². The summed E-state index contributed by atoms with van der Waals surface area (Å²) >= 11 is 0. The number of nitro groups is 1. The molecule has 0 aliphatic carbocycles. The fourth-order valence-electron chi connectivity index (χ4n) is 2.35. The largest absolute Gasteiger partial charge is 0.378 e. The predicted octanol–water partition coefficient (Wildman–Crippen LogP) is 1.62. The average molecular weight is 254 g/mol. The zero-order valence-electron chi connectivity index (χ0n) is 10.8. The molecule has 7 heteroatoms. The normalized spacial score (nSPS) is 23.9. The van der Waals surface area contributed by atoms with Crippen LogP contribution in [0.3, 0.4) is 0 Å². The molecule has 0 aromatic carbocycles. The Hall–Kier alpha value is -1.63. The zero-order valence-corrected chi connectivity index (χ0v) is 10.8. The van der Waals surface area contributed by atoms with Crippen molar-refractivity contribution in [3.05, 3.63) is 15.8 Å². The van der Waals surface area contributed by atoms with Crippen LogP contribution < -0.4 is 5.32 Å². The van der Waals surface area contributed by atoms with Crippen LogP contribution in [0.15, 0.2) is 0 Å². The lowest BCUT2D eigenvalue weighted by Crippen LogP contribution is -2.33. The lowest BCUT2D eigenvalue weighted by molar-refractivity contribution is -0.384. The number of rotatable bonds is 3. The molecule has 18 heavy (non-hydrogen) atoms. The van der Waals surface area contributed by atoms with Gasteiger partial charge in [-0.25, -0.2) is 4.68 Å². The minimum atomic E-state index is -0.382. The van der Waals surface area contributed by atoms with Gasteiger partial charge >= 0.3 is 5.69 Å². The first kappa shape index (κ1) is 12.8. The molecule has 1 N–H and O–H groups in total. The van der Waals surface area contributed by atoms with Crippen molar-refractivity contribution in [1.82, 2.24) is 9.78 Å². The SMILES string of the molecule is Cc1nn(C)c(NC2CCOC(C)C2)c1[N+](=O)[O-]. The highest BCUT2D eigenvalue weighted by molar-refractivity contribution is 5.59. The van der Waals surface area contributed by atoms with Crippen LogP contribution in [-0.4, -0.2) is 33.5 Å². The first-order chi connectivity index (χ1) is 8.49. The van der Waals surface area contributed by atoms with Gasteiger partial charge in [-0.1, -0.05) is 0 Å². The molecule has 0 bridgehead atoms. The summed E-state index contributed by atoms with van der Waals surface area (Å²) in [5, 5.41) is 18.4. The summed E-state index contributed by atoms with van der Waals surface area (Å²) < 4.78 is 7.00. The van der Waals surface area contributed by atoms with Crippen LogP contribution >= 0.6 is 0 Å². The second kappa shape index (κ2) is 4.93. The molecule has 1 aromatic rings. The first-order valence-corrected chi connectivity index (χ1v) is 6.05. The molecule has 1 aliphatic heterocycles. The van der Waals surface area contributed by atoms with Crippen LogP contribution in [0.2, 0.25) is 0 Å². The minimum absolute atomic E-state index is 0.0663. The van der Waals surface area contributed by atoms with Gasteiger partial charge in [-0.15, -0.1) is 0 Å². The smallest absolute Gasteiger partial charge is 0.333 e. The molecule has 1 saturated heterocycles. The Morgan fingerprint density at radius 3 is 2.94 bits per heavy atom. The fraction of sp³-hybridized carbons (Fsp3) is 0.727. The highest BCUT2D eigenvalue weighted by atomic mass is 16.6. The molecule has 100 valence electrons. The Morgan fingerprint density at radius 1 is 1.61 bits per heavy atom. The number of ether oxygens (including phenoxy) is 1. The van der Waals surface area contributed by atoms with Crippen LogP contribution in [0.25, 0.3) is 0 Å². The highest BCUT2D eigenvalue weighted by Crippen LogP contribution is 2.29. The molecule has 2 atom stereocenters. The lowest BCUT2D eigenvalue weighted by atomic mass is 10.0. The molecular weight excluding hydrogens is 236 g/mol. The number of anilines is 1. The van der Waals surface area contributed by atoms with E-state index in [1.165, 1.54) is 4.68 Å². The van der Waals surface area contributed by atoms with Gasteiger partial charge in [-0.3, -0.25) is 10.1 Å². The van der Waals surface area contributed by atoms with E-state index in [0.29, 0.717) is 18.1 Å². The van der Waals surface area contributed by atoms with E-state index in [2.05, 4.69) is 10.4 Å². The van der Waals surface area contributed by atoms with Gasteiger partial charge in [-0.05, 0) is 26.7 Å². The van der Waals surface area contributed by atoms with Gasteiger partial charge in [0.25, 0.3) is 0 Å². The molecule has 0 radical (unpaired) electrons. The molecule has 0 amide bonds. The van der Waals surface area contributed by atoms with Crippen LogP contribution in [0.1, 0.15) is 25.5 Å². The maximum Gasteiger partial charge on any atom is 0.333 e. The number of nitrogens with zero attached hydrogens (tertiary/aromatic N) is 3. The second-order valence-electron chi connectivity index (χ2n) is 4.71. The third kappa shape index (κ3) is 2.45. The summed E-state index contributed by atoms with van der Waals surface area (Å²) in [7, 11) is 1.71. The van der Waals surface area contributed by atoms with Gasteiger partial charge < -0.3 is 10.1 Å². The van der Waals surface area contributed by atoms with Gasteiger partial charge in [-0.2, -0.15) is 5.10 Å². The topological polar surface area (TPSA) is 82.2 Å². The lowest BCUT2D eigenvalue weighted by Gasteiger charge is -2.28. The van der Waals surface area contributed by atoms with E-state index in [0.717, 1.165) is 12.8 Å². The second-order valence-corrected chi connectivity index (χ2v) is 4.71. The van der Waals surface area contributed by atoms with Gasteiger partial charge in [0, 0.05) is 19.7 Å². The molecule has 1 aliphatic rings. The van der Waals surface area contributed by atoms with Crippen molar-refractivity contribution in [2.24, 2.45) is 7.05 Å².